The predicted octanol–water partition coefficient (Wildman–Crippen LogP) is 3.85. The zero-order valence-electron chi connectivity index (χ0n) is 24.6. The normalized spacial score (nSPS) is 26.7. The number of hydrogen-bond donors (Lipinski definition) is 0. The van der Waals surface area contributed by atoms with Gasteiger partial charge in [-0.1, -0.05) is 6.07 Å². The number of likely N-dealkylation sites (tertiary alicyclic amines) is 1. The molecule has 8 heterocycles. The third-order valence-electron chi connectivity index (χ3n) is 10.00. The molecule has 1 saturated carbocycles. The lowest BCUT2D eigenvalue weighted by Gasteiger charge is -2.56. The van der Waals surface area contributed by atoms with Gasteiger partial charge in [-0.2, -0.15) is 10.4 Å². The molecule has 10 heteroatoms. The summed E-state index contributed by atoms with van der Waals surface area (Å²) >= 11 is 0. The number of fused-ring (bicyclic) bond motifs is 4. The second-order valence-corrected chi connectivity index (χ2v) is 12.7. The molecule has 43 heavy (non-hydrogen) atoms. The Hall–Kier alpha value is -4.20. The molecule has 4 aromatic rings. The Balaban J connectivity index is 0.990. The number of ether oxygens (including phenoxy) is 2. The molecule has 4 saturated heterocycles. The molecule has 2 bridgehead atoms. The van der Waals surface area contributed by atoms with Crippen LogP contribution in [0.1, 0.15) is 30.4 Å². The highest BCUT2D eigenvalue weighted by Gasteiger charge is 2.45. The van der Waals surface area contributed by atoms with Gasteiger partial charge in [0.1, 0.15) is 17.6 Å². The van der Waals surface area contributed by atoms with Gasteiger partial charge in [-0.05, 0) is 61.9 Å². The lowest BCUT2D eigenvalue weighted by Crippen LogP contribution is -2.68. The van der Waals surface area contributed by atoms with E-state index in [9.17, 15) is 5.26 Å². The molecule has 10 nitrogen and oxygen atoms in total. The third-order valence-corrected chi connectivity index (χ3v) is 10.00. The topological polar surface area (TPSA) is 95.1 Å². The van der Waals surface area contributed by atoms with E-state index in [0.29, 0.717) is 23.5 Å². The van der Waals surface area contributed by atoms with E-state index in [4.69, 9.17) is 14.5 Å². The molecule has 0 N–H and O–H groups in total. The zero-order valence-corrected chi connectivity index (χ0v) is 24.6. The minimum Gasteiger partial charge on any atom is -0.489 e. The summed E-state index contributed by atoms with van der Waals surface area (Å²) in [4.78, 5) is 16.7. The third kappa shape index (κ3) is 4.77. The number of nitrogens with zero attached hydrogens (tertiary/aromatic N) is 8. The van der Waals surface area contributed by atoms with E-state index in [1.54, 1.807) is 17.8 Å². The Kier molecular flexibility index (Phi) is 6.46. The average Bonchev–Trinajstić information content (AvgIpc) is 3.72. The highest BCUT2D eigenvalue weighted by Crippen LogP contribution is 2.40. The van der Waals surface area contributed by atoms with Gasteiger partial charge < -0.3 is 19.3 Å². The van der Waals surface area contributed by atoms with Crippen molar-refractivity contribution in [2.24, 2.45) is 11.8 Å². The molecule has 5 fully saturated rings. The Labute approximate surface area is 251 Å². The van der Waals surface area contributed by atoms with Crippen molar-refractivity contribution >= 4 is 11.3 Å². The predicted molar refractivity (Wildman–Crippen MR) is 162 cm³/mol. The van der Waals surface area contributed by atoms with Crippen LogP contribution in [0.5, 0.6) is 11.6 Å². The molecule has 0 radical (unpaired) electrons. The summed E-state index contributed by atoms with van der Waals surface area (Å²) in [6, 6.07) is 13.7. The summed E-state index contributed by atoms with van der Waals surface area (Å²) in [7, 11) is 3.85. The van der Waals surface area contributed by atoms with Crippen molar-refractivity contribution in [1.82, 2.24) is 29.4 Å². The summed E-state index contributed by atoms with van der Waals surface area (Å²) < 4.78 is 13.5. The van der Waals surface area contributed by atoms with Crippen LogP contribution in [0.2, 0.25) is 0 Å². The number of piperazine rings is 1. The average molecular weight is 577 g/mol. The fourth-order valence-electron chi connectivity index (χ4n) is 7.93. The summed E-state index contributed by atoms with van der Waals surface area (Å²) in [6.45, 7) is 5.15. The molecule has 9 rings (SSSR count). The van der Waals surface area contributed by atoms with Crippen molar-refractivity contribution in [3.63, 3.8) is 0 Å². The number of pyridine rings is 3. The molecular weight excluding hydrogens is 540 g/mol. The van der Waals surface area contributed by atoms with Crippen LogP contribution in [-0.2, 0) is 6.54 Å². The minimum absolute atomic E-state index is 0.214. The molecule has 0 spiro atoms. The maximum atomic E-state index is 9.82. The fraction of sp³-hybridized carbons (Fsp3) is 0.455. The Morgan fingerprint density at radius 2 is 1.77 bits per heavy atom. The molecule has 4 aliphatic heterocycles. The van der Waals surface area contributed by atoms with Gasteiger partial charge >= 0.3 is 0 Å². The van der Waals surface area contributed by atoms with Crippen LogP contribution in [-0.4, -0.2) is 87.9 Å². The summed E-state index contributed by atoms with van der Waals surface area (Å²) in [5, 5.41) is 14.3. The van der Waals surface area contributed by atoms with Gasteiger partial charge in [-0.25, -0.2) is 14.5 Å². The second kappa shape index (κ2) is 10.5. The lowest BCUT2D eigenvalue weighted by atomic mass is 9.87. The van der Waals surface area contributed by atoms with Crippen LogP contribution in [0.3, 0.4) is 0 Å². The number of methoxy groups -OCH3 is 1. The van der Waals surface area contributed by atoms with Crippen molar-refractivity contribution in [2.75, 3.05) is 45.2 Å². The molecule has 4 atom stereocenters. The number of nitriles is 1. The van der Waals surface area contributed by atoms with Gasteiger partial charge in [0.25, 0.3) is 0 Å². The Bertz CT molecular complexity index is 1650. The van der Waals surface area contributed by atoms with Gasteiger partial charge in [0.15, 0.2) is 0 Å². The van der Waals surface area contributed by atoms with Gasteiger partial charge in [0, 0.05) is 74.4 Å². The van der Waals surface area contributed by atoms with Crippen LogP contribution in [0.25, 0.3) is 16.6 Å². The van der Waals surface area contributed by atoms with E-state index < -0.39 is 0 Å². The molecule has 4 aromatic heterocycles. The largest absolute Gasteiger partial charge is 0.489 e. The van der Waals surface area contributed by atoms with Gasteiger partial charge in [-0.3, -0.25) is 4.90 Å². The lowest BCUT2D eigenvalue weighted by molar-refractivity contribution is -0.00876. The number of rotatable bonds is 7. The quantitative estimate of drug-likeness (QED) is 0.325. The number of aromatic nitrogens is 4. The van der Waals surface area contributed by atoms with Crippen LogP contribution < -0.4 is 14.4 Å². The molecule has 1 aliphatic carbocycles. The number of piperidine rings is 1. The molecule has 0 amide bonds. The molecule has 4 unspecified atom stereocenters. The summed E-state index contributed by atoms with van der Waals surface area (Å²) in [5.41, 5.74) is 4.43. The zero-order chi connectivity index (χ0) is 29.1. The summed E-state index contributed by atoms with van der Waals surface area (Å²) in [6.07, 6.45) is 11.0. The highest BCUT2D eigenvalue weighted by atomic mass is 16.5. The van der Waals surface area contributed by atoms with E-state index in [0.717, 1.165) is 85.6 Å². The van der Waals surface area contributed by atoms with E-state index in [2.05, 4.69) is 62.2 Å². The minimum atomic E-state index is 0.214. The van der Waals surface area contributed by atoms with E-state index >= 15 is 0 Å². The first-order valence-electron chi connectivity index (χ1n) is 15.3. The van der Waals surface area contributed by atoms with Crippen molar-refractivity contribution < 1.29 is 9.47 Å². The van der Waals surface area contributed by atoms with Gasteiger partial charge in [-0.15, -0.1) is 0 Å². The van der Waals surface area contributed by atoms with Crippen LogP contribution in [0, 0.1) is 23.2 Å². The van der Waals surface area contributed by atoms with E-state index in [1.165, 1.54) is 12.0 Å². The molecule has 0 aromatic carbocycles. The summed E-state index contributed by atoms with van der Waals surface area (Å²) in [5.74, 6) is 3.87. The highest BCUT2D eigenvalue weighted by molar-refractivity contribution is 5.85. The molecule has 5 aliphatic rings. The number of hydrogen-bond acceptors (Lipinski definition) is 9. The van der Waals surface area contributed by atoms with Crippen molar-refractivity contribution in [3.8, 4) is 28.8 Å². The van der Waals surface area contributed by atoms with Crippen molar-refractivity contribution in [3.05, 3.63) is 66.2 Å². The molecule has 220 valence electrons. The monoisotopic (exact) mass is 576 g/mol. The van der Waals surface area contributed by atoms with Gasteiger partial charge in [0.2, 0.25) is 5.88 Å². The van der Waals surface area contributed by atoms with E-state index in [-0.39, 0.29) is 6.10 Å². The maximum absolute atomic E-state index is 9.82. The SMILES string of the molecule is COc1ccc(CN2C3CC2CN(c2ccc(-c4cc(OC5CC6CN(C)CC6C5)cn5ncc(C#N)c45)cn2)C3)cn1. The first-order valence-corrected chi connectivity index (χ1v) is 15.3. The first-order chi connectivity index (χ1) is 21.0. The van der Waals surface area contributed by atoms with Crippen molar-refractivity contribution in [1.29, 1.82) is 5.26 Å². The molecular formula is C33H36N8O2. The van der Waals surface area contributed by atoms with E-state index in [1.807, 2.05) is 24.7 Å². The maximum Gasteiger partial charge on any atom is 0.212 e. The van der Waals surface area contributed by atoms with Crippen LogP contribution in [0.15, 0.2) is 55.1 Å². The van der Waals surface area contributed by atoms with Crippen molar-refractivity contribution in [2.45, 2.75) is 44.0 Å². The second-order valence-electron chi connectivity index (χ2n) is 12.7. The fourth-order valence-corrected chi connectivity index (χ4v) is 7.93. The Morgan fingerprint density at radius 1 is 0.953 bits per heavy atom. The van der Waals surface area contributed by atoms with Gasteiger partial charge in [0.05, 0.1) is 36.7 Å². The first kappa shape index (κ1) is 26.4. The van der Waals surface area contributed by atoms with Crippen LogP contribution >= 0.6 is 0 Å². The standard InChI is InChI=1S/C33H36N8O2/c1-38-16-23-7-28(8-24(23)17-38)43-29-10-30(33-25(11-34)14-37-41(33)20-29)22-4-5-31(35-13-22)39-18-26-9-27(19-39)40(26)15-21-3-6-32(42-2)36-12-21/h3-6,10,12-14,20,23-24,26-28H,7-9,15-19H2,1-2H3. The smallest absolute Gasteiger partial charge is 0.212 e. The Morgan fingerprint density at radius 3 is 2.44 bits per heavy atom. The van der Waals surface area contributed by atoms with Crippen LogP contribution in [0.4, 0.5) is 5.82 Å². The number of anilines is 1.